The van der Waals surface area contributed by atoms with Gasteiger partial charge in [0, 0.05) is 34.0 Å². The van der Waals surface area contributed by atoms with Crippen molar-refractivity contribution in [2.75, 3.05) is 22.1 Å². The lowest BCUT2D eigenvalue weighted by Gasteiger charge is -2.24. The van der Waals surface area contributed by atoms with E-state index in [1.165, 1.54) is 0 Å². The Morgan fingerprint density at radius 1 is 1.32 bits per heavy atom. The molecule has 6 heteroatoms. The van der Waals surface area contributed by atoms with E-state index in [9.17, 15) is 9.00 Å². The molecule has 19 heavy (non-hydrogen) atoms. The van der Waals surface area contributed by atoms with Gasteiger partial charge in [0.2, 0.25) is 5.91 Å². The van der Waals surface area contributed by atoms with Crippen LogP contribution in [0.5, 0.6) is 0 Å². The number of rotatable bonds is 2. The van der Waals surface area contributed by atoms with Gasteiger partial charge in [0.05, 0.1) is 17.1 Å². The first-order chi connectivity index (χ1) is 9.11. The minimum Gasteiger partial charge on any atom is -0.381 e. The second-order valence-corrected chi connectivity index (χ2v) is 7.08. The molecule has 0 bridgehead atoms. The fourth-order valence-corrected chi connectivity index (χ4v) is 4.03. The Kier molecular flexibility index (Phi) is 3.50. The largest absolute Gasteiger partial charge is 0.381 e. The molecule has 2 heterocycles. The Hall–Kier alpha value is -1.07. The molecule has 2 aliphatic rings. The number of hydrogen-bond acceptors (Lipinski definition) is 3. The highest BCUT2D eigenvalue weighted by Crippen LogP contribution is 2.33. The summed E-state index contributed by atoms with van der Waals surface area (Å²) in [5.41, 5.74) is 2.66. The molecule has 2 N–H and O–H groups in total. The van der Waals surface area contributed by atoms with E-state index in [0.717, 1.165) is 41.3 Å². The highest BCUT2D eigenvalue weighted by Gasteiger charge is 2.22. The van der Waals surface area contributed by atoms with Gasteiger partial charge >= 0.3 is 0 Å². The minimum atomic E-state index is -0.656. The Morgan fingerprint density at radius 3 is 2.79 bits per heavy atom. The van der Waals surface area contributed by atoms with Gasteiger partial charge in [-0.05, 0) is 30.5 Å². The first-order valence-corrected chi connectivity index (χ1v) is 8.22. The van der Waals surface area contributed by atoms with Crippen LogP contribution in [0.3, 0.4) is 0 Å². The fraction of sp³-hybridized carbons (Fsp3) is 0.462. The number of anilines is 2. The zero-order chi connectivity index (χ0) is 13.4. The average Bonchev–Trinajstić information content (AvgIpc) is 2.72. The van der Waals surface area contributed by atoms with Gasteiger partial charge in [0.25, 0.3) is 0 Å². The normalized spacial score (nSPS) is 25.8. The van der Waals surface area contributed by atoms with Crippen LogP contribution in [0.1, 0.15) is 18.4 Å². The number of nitrogens with one attached hydrogen (secondary N) is 2. The zero-order valence-electron chi connectivity index (χ0n) is 10.4. The second-order valence-electron chi connectivity index (χ2n) is 4.98. The van der Waals surface area contributed by atoms with Crippen LogP contribution in [0, 0.1) is 0 Å². The van der Waals surface area contributed by atoms with E-state index >= 15 is 0 Å². The van der Waals surface area contributed by atoms with Crippen molar-refractivity contribution >= 4 is 39.7 Å². The molecule has 2 aliphatic heterocycles. The van der Waals surface area contributed by atoms with Gasteiger partial charge in [-0.3, -0.25) is 9.00 Å². The molecule has 1 fully saturated rings. The van der Waals surface area contributed by atoms with E-state index in [1.54, 1.807) is 6.07 Å². The van der Waals surface area contributed by atoms with Gasteiger partial charge in [0.15, 0.2) is 0 Å². The van der Waals surface area contributed by atoms with Gasteiger partial charge < -0.3 is 10.6 Å². The molecule has 0 radical (unpaired) electrons. The maximum Gasteiger partial charge on any atom is 0.228 e. The molecular weight excluding hydrogens is 284 g/mol. The van der Waals surface area contributed by atoms with Crippen molar-refractivity contribution in [2.45, 2.75) is 25.3 Å². The number of fused-ring (bicyclic) bond motifs is 1. The lowest BCUT2D eigenvalue weighted by atomic mass is 10.1. The second kappa shape index (κ2) is 5.13. The molecule has 0 saturated carbocycles. The molecule has 1 amide bonds. The highest BCUT2D eigenvalue weighted by molar-refractivity contribution is 7.85. The third kappa shape index (κ3) is 2.77. The van der Waals surface area contributed by atoms with Crippen LogP contribution in [0.4, 0.5) is 11.4 Å². The zero-order valence-corrected chi connectivity index (χ0v) is 11.9. The molecule has 0 aliphatic carbocycles. The van der Waals surface area contributed by atoms with Gasteiger partial charge in [-0.2, -0.15) is 0 Å². The van der Waals surface area contributed by atoms with Crippen molar-refractivity contribution < 1.29 is 9.00 Å². The number of halogens is 1. The van der Waals surface area contributed by atoms with E-state index < -0.39 is 10.8 Å². The number of carbonyl (C=O) groups is 1. The van der Waals surface area contributed by atoms with Gasteiger partial charge in [-0.25, -0.2) is 0 Å². The fourth-order valence-electron chi connectivity index (χ4n) is 2.52. The first-order valence-electron chi connectivity index (χ1n) is 6.35. The molecule has 0 spiro atoms. The summed E-state index contributed by atoms with van der Waals surface area (Å²) in [4.78, 5) is 11.3. The summed E-state index contributed by atoms with van der Waals surface area (Å²) in [5, 5.41) is 6.81. The van der Waals surface area contributed by atoms with Crippen LogP contribution >= 0.6 is 11.6 Å². The molecule has 0 aromatic heterocycles. The smallest absolute Gasteiger partial charge is 0.228 e. The number of hydrogen-bond donors (Lipinski definition) is 2. The third-order valence-electron chi connectivity index (χ3n) is 3.57. The number of benzene rings is 1. The summed E-state index contributed by atoms with van der Waals surface area (Å²) in [6, 6.07) is 4.06. The quantitative estimate of drug-likeness (QED) is 0.879. The summed E-state index contributed by atoms with van der Waals surface area (Å²) >= 11 is 6.23. The molecular formula is C13H15ClN2O2S. The predicted molar refractivity (Wildman–Crippen MR) is 78.3 cm³/mol. The van der Waals surface area contributed by atoms with Crippen LogP contribution in [0.2, 0.25) is 5.02 Å². The van der Waals surface area contributed by atoms with Gasteiger partial charge in [-0.1, -0.05) is 11.6 Å². The first kappa shape index (κ1) is 12.9. The van der Waals surface area contributed by atoms with Gasteiger partial charge in [-0.15, -0.1) is 0 Å². The van der Waals surface area contributed by atoms with Crippen LogP contribution < -0.4 is 10.6 Å². The molecule has 1 saturated heterocycles. The van der Waals surface area contributed by atoms with Crippen molar-refractivity contribution in [3.63, 3.8) is 0 Å². The summed E-state index contributed by atoms with van der Waals surface area (Å²) in [5.74, 6) is 1.51. The van der Waals surface area contributed by atoms with Crippen LogP contribution in [0.25, 0.3) is 0 Å². The van der Waals surface area contributed by atoms with Gasteiger partial charge in [0.1, 0.15) is 0 Å². The molecule has 3 rings (SSSR count). The van der Waals surface area contributed by atoms with E-state index in [4.69, 9.17) is 11.6 Å². The molecule has 1 aromatic carbocycles. The standard InChI is InChI=1S/C13H15ClN2O2S/c14-10-7-11-8(6-13(17)16-11)5-12(10)15-9-1-3-19(18)4-2-9/h5,7,9,15H,1-4,6H2,(H,16,17). The van der Waals surface area contributed by atoms with E-state index in [-0.39, 0.29) is 5.91 Å². The minimum absolute atomic E-state index is 0.0104. The van der Waals surface area contributed by atoms with Crippen LogP contribution in [0.15, 0.2) is 12.1 Å². The van der Waals surface area contributed by atoms with Crippen molar-refractivity contribution in [1.82, 2.24) is 0 Å². The van der Waals surface area contributed by atoms with E-state index in [1.807, 2.05) is 6.07 Å². The summed E-state index contributed by atoms with van der Waals surface area (Å²) in [6.07, 6.45) is 2.21. The molecule has 1 aromatic rings. The van der Waals surface area contributed by atoms with Crippen molar-refractivity contribution in [3.05, 3.63) is 22.7 Å². The monoisotopic (exact) mass is 298 g/mol. The molecule has 102 valence electrons. The van der Waals surface area contributed by atoms with E-state index in [0.29, 0.717) is 17.5 Å². The molecule has 0 unspecified atom stereocenters. The maximum absolute atomic E-state index is 11.3. The summed E-state index contributed by atoms with van der Waals surface area (Å²) < 4.78 is 11.3. The van der Waals surface area contributed by atoms with Crippen molar-refractivity contribution in [3.8, 4) is 0 Å². The molecule has 4 nitrogen and oxygen atoms in total. The maximum atomic E-state index is 11.3. The third-order valence-corrected chi connectivity index (χ3v) is 5.26. The van der Waals surface area contributed by atoms with Crippen molar-refractivity contribution in [2.24, 2.45) is 0 Å². The summed E-state index contributed by atoms with van der Waals surface area (Å²) in [7, 11) is -0.656. The Balaban J connectivity index is 1.76. The number of amides is 1. The molecule has 0 atom stereocenters. The van der Waals surface area contributed by atoms with Crippen LogP contribution in [-0.4, -0.2) is 27.7 Å². The van der Waals surface area contributed by atoms with Crippen molar-refractivity contribution in [1.29, 1.82) is 0 Å². The lowest BCUT2D eigenvalue weighted by Crippen LogP contribution is -2.29. The van der Waals surface area contributed by atoms with Crippen LogP contribution in [-0.2, 0) is 22.0 Å². The number of carbonyl (C=O) groups excluding carboxylic acids is 1. The topological polar surface area (TPSA) is 58.2 Å². The average molecular weight is 299 g/mol. The Bertz CT molecular complexity index is 552. The van der Waals surface area contributed by atoms with E-state index in [2.05, 4.69) is 10.6 Å². The summed E-state index contributed by atoms with van der Waals surface area (Å²) in [6.45, 7) is 0. The predicted octanol–water partition coefficient (Wildman–Crippen LogP) is 2.16. The lowest BCUT2D eigenvalue weighted by molar-refractivity contribution is -0.115. The Labute approximate surface area is 119 Å². The highest BCUT2D eigenvalue weighted by atomic mass is 35.5. The Morgan fingerprint density at radius 2 is 2.05 bits per heavy atom. The SMILES string of the molecule is O=C1Cc2cc(NC3CCS(=O)CC3)c(Cl)cc2N1.